The van der Waals surface area contributed by atoms with Crippen molar-refractivity contribution < 1.29 is 19.4 Å². The van der Waals surface area contributed by atoms with Gasteiger partial charge in [-0.3, -0.25) is 14.6 Å². The summed E-state index contributed by atoms with van der Waals surface area (Å²) < 4.78 is 5.72. The first-order valence-electron chi connectivity index (χ1n) is 8.34. The molecular formula is C21H18N2O4. The van der Waals surface area contributed by atoms with Gasteiger partial charge in [0.2, 0.25) is 0 Å². The summed E-state index contributed by atoms with van der Waals surface area (Å²) in [6.07, 6.45) is 3.30. The zero-order valence-electron chi connectivity index (χ0n) is 14.5. The Morgan fingerprint density at radius 3 is 2.56 bits per heavy atom. The normalized spacial score (nSPS) is 10.2. The number of hydrogen-bond donors (Lipinski definition) is 2. The van der Waals surface area contributed by atoms with E-state index in [-0.39, 0.29) is 0 Å². The van der Waals surface area contributed by atoms with Crippen LogP contribution in [0, 0.1) is 0 Å². The molecule has 1 amide bonds. The van der Waals surface area contributed by atoms with Crippen LogP contribution in [0.25, 0.3) is 11.1 Å². The van der Waals surface area contributed by atoms with E-state index in [0.717, 1.165) is 11.1 Å². The standard InChI is InChI=1S/C21H18N2O4/c24-20(25)13-23-21(26)18-9-8-15(14-27-17-7-4-10-22-12-17)11-19(18)16-5-2-1-3-6-16/h1-12H,13-14H2,(H,23,26)(H,24,25). The second-order valence-corrected chi connectivity index (χ2v) is 5.80. The van der Waals surface area contributed by atoms with Gasteiger partial charge in [-0.2, -0.15) is 0 Å². The fraction of sp³-hybridized carbons (Fsp3) is 0.0952. The third kappa shape index (κ3) is 4.92. The van der Waals surface area contributed by atoms with E-state index < -0.39 is 18.4 Å². The van der Waals surface area contributed by atoms with Crippen molar-refractivity contribution in [2.45, 2.75) is 6.61 Å². The Bertz CT molecular complexity index is 927. The lowest BCUT2D eigenvalue weighted by Crippen LogP contribution is -2.29. The Labute approximate surface area is 156 Å². The Balaban J connectivity index is 1.87. The quantitative estimate of drug-likeness (QED) is 0.674. The molecule has 6 heteroatoms. The number of nitrogens with zero attached hydrogens (tertiary/aromatic N) is 1. The second kappa shape index (κ2) is 8.62. The summed E-state index contributed by atoms with van der Waals surface area (Å²) in [6.45, 7) is -0.110. The molecule has 0 atom stereocenters. The highest BCUT2D eigenvalue weighted by Crippen LogP contribution is 2.26. The number of benzene rings is 2. The molecule has 0 fully saturated rings. The predicted octanol–water partition coefficient (Wildman–Crippen LogP) is 3.14. The molecule has 0 saturated carbocycles. The molecule has 2 aromatic carbocycles. The Hall–Kier alpha value is -3.67. The summed E-state index contributed by atoms with van der Waals surface area (Å²) in [5.74, 6) is -0.871. The number of rotatable bonds is 7. The minimum absolute atomic E-state index is 0.322. The molecule has 1 heterocycles. The first-order chi connectivity index (χ1) is 13.1. The highest BCUT2D eigenvalue weighted by molar-refractivity contribution is 6.02. The van der Waals surface area contributed by atoms with Crippen LogP contribution in [0.4, 0.5) is 0 Å². The fourth-order valence-electron chi connectivity index (χ4n) is 2.59. The van der Waals surface area contributed by atoms with Crippen molar-refractivity contribution in [2.75, 3.05) is 6.54 Å². The van der Waals surface area contributed by atoms with Gasteiger partial charge in [-0.05, 0) is 41.0 Å². The number of ether oxygens (including phenoxy) is 1. The van der Waals surface area contributed by atoms with Gasteiger partial charge in [-0.1, -0.05) is 36.4 Å². The van der Waals surface area contributed by atoms with Gasteiger partial charge in [-0.25, -0.2) is 0 Å². The molecule has 0 radical (unpaired) electrons. The Kier molecular flexibility index (Phi) is 5.79. The van der Waals surface area contributed by atoms with Gasteiger partial charge in [0.15, 0.2) is 0 Å². The summed E-state index contributed by atoms with van der Waals surface area (Å²) in [7, 11) is 0. The van der Waals surface area contributed by atoms with E-state index in [1.165, 1.54) is 0 Å². The van der Waals surface area contributed by atoms with Crippen LogP contribution in [0.15, 0.2) is 73.1 Å². The number of aliphatic carboxylic acids is 1. The molecule has 3 rings (SSSR count). The van der Waals surface area contributed by atoms with E-state index in [4.69, 9.17) is 9.84 Å². The van der Waals surface area contributed by atoms with Gasteiger partial charge < -0.3 is 15.2 Å². The van der Waals surface area contributed by atoms with E-state index in [0.29, 0.717) is 23.5 Å². The number of carboxylic acid groups (broad SMARTS) is 1. The number of hydrogen-bond acceptors (Lipinski definition) is 4. The summed E-state index contributed by atoms with van der Waals surface area (Å²) in [6, 6.07) is 18.4. The molecule has 0 bridgehead atoms. The Morgan fingerprint density at radius 1 is 1.04 bits per heavy atom. The minimum atomic E-state index is -1.09. The minimum Gasteiger partial charge on any atom is -0.487 e. The fourth-order valence-corrected chi connectivity index (χ4v) is 2.59. The van der Waals surface area contributed by atoms with E-state index in [9.17, 15) is 9.59 Å². The maximum Gasteiger partial charge on any atom is 0.322 e. The molecule has 3 aromatic rings. The molecule has 0 spiro atoms. The number of carboxylic acids is 1. The van der Waals surface area contributed by atoms with Crippen LogP contribution in [0.1, 0.15) is 15.9 Å². The molecule has 0 unspecified atom stereocenters. The van der Waals surface area contributed by atoms with E-state index >= 15 is 0 Å². The lowest BCUT2D eigenvalue weighted by atomic mass is 9.97. The molecule has 1 aromatic heterocycles. The maximum atomic E-state index is 12.4. The zero-order chi connectivity index (χ0) is 19.1. The molecule has 0 aliphatic heterocycles. The lowest BCUT2D eigenvalue weighted by molar-refractivity contribution is -0.135. The van der Waals surface area contributed by atoms with Crippen LogP contribution >= 0.6 is 0 Å². The largest absolute Gasteiger partial charge is 0.487 e. The molecule has 27 heavy (non-hydrogen) atoms. The third-order valence-electron chi connectivity index (χ3n) is 3.85. The van der Waals surface area contributed by atoms with Crippen molar-refractivity contribution in [3.8, 4) is 16.9 Å². The van der Waals surface area contributed by atoms with Gasteiger partial charge in [0, 0.05) is 11.8 Å². The molecule has 136 valence electrons. The topological polar surface area (TPSA) is 88.5 Å². The number of amides is 1. The molecular weight excluding hydrogens is 344 g/mol. The first-order valence-corrected chi connectivity index (χ1v) is 8.34. The second-order valence-electron chi connectivity index (χ2n) is 5.80. The molecule has 2 N–H and O–H groups in total. The summed E-state index contributed by atoms with van der Waals surface area (Å²) in [4.78, 5) is 27.2. The van der Waals surface area contributed by atoms with Crippen LogP contribution in [0.5, 0.6) is 5.75 Å². The molecule has 6 nitrogen and oxygen atoms in total. The summed E-state index contributed by atoms with van der Waals surface area (Å²) >= 11 is 0. The first kappa shape index (κ1) is 18.1. The van der Waals surface area contributed by atoms with Crippen LogP contribution < -0.4 is 10.1 Å². The Morgan fingerprint density at radius 2 is 1.85 bits per heavy atom. The van der Waals surface area contributed by atoms with Crippen LogP contribution in [-0.4, -0.2) is 28.5 Å². The average Bonchev–Trinajstić information content (AvgIpc) is 2.71. The number of nitrogens with one attached hydrogen (secondary N) is 1. The summed E-state index contributed by atoms with van der Waals surface area (Å²) in [5.41, 5.74) is 2.87. The van der Waals surface area contributed by atoms with Gasteiger partial charge >= 0.3 is 5.97 Å². The molecule has 0 aliphatic carbocycles. The highest BCUT2D eigenvalue weighted by Gasteiger charge is 2.14. The van der Waals surface area contributed by atoms with Gasteiger partial charge in [0.05, 0.1) is 6.20 Å². The number of carbonyl (C=O) groups is 2. The average molecular weight is 362 g/mol. The van der Waals surface area contributed by atoms with Crippen molar-refractivity contribution in [3.05, 3.63) is 84.2 Å². The van der Waals surface area contributed by atoms with E-state index in [1.54, 1.807) is 30.6 Å². The van der Waals surface area contributed by atoms with Crippen molar-refractivity contribution in [1.29, 1.82) is 0 Å². The van der Waals surface area contributed by atoms with Gasteiger partial charge in [0.1, 0.15) is 18.9 Å². The van der Waals surface area contributed by atoms with E-state index in [1.807, 2.05) is 42.5 Å². The van der Waals surface area contributed by atoms with Crippen LogP contribution in [0.2, 0.25) is 0 Å². The van der Waals surface area contributed by atoms with Crippen molar-refractivity contribution in [1.82, 2.24) is 10.3 Å². The van der Waals surface area contributed by atoms with Gasteiger partial charge in [0.25, 0.3) is 5.91 Å². The SMILES string of the molecule is O=C(O)CNC(=O)c1ccc(COc2cccnc2)cc1-c1ccccc1. The summed E-state index contributed by atoms with van der Waals surface area (Å²) in [5, 5.41) is 11.2. The smallest absolute Gasteiger partial charge is 0.322 e. The lowest BCUT2D eigenvalue weighted by Gasteiger charge is -2.13. The monoisotopic (exact) mass is 362 g/mol. The highest BCUT2D eigenvalue weighted by atomic mass is 16.5. The number of aromatic nitrogens is 1. The number of carbonyl (C=O) groups excluding carboxylic acids is 1. The van der Waals surface area contributed by atoms with Crippen LogP contribution in [0.3, 0.4) is 0 Å². The van der Waals surface area contributed by atoms with E-state index in [2.05, 4.69) is 10.3 Å². The molecule has 0 aliphatic rings. The van der Waals surface area contributed by atoms with Crippen molar-refractivity contribution in [3.63, 3.8) is 0 Å². The zero-order valence-corrected chi connectivity index (χ0v) is 14.5. The maximum absolute atomic E-state index is 12.4. The van der Waals surface area contributed by atoms with Crippen LogP contribution in [-0.2, 0) is 11.4 Å². The van der Waals surface area contributed by atoms with Crippen molar-refractivity contribution >= 4 is 11.9 Å². The number of pyridine rings is 1. The van der Waals surface area contributed by atoms with Crippen molar-refractivity contribution in [2.24, 2.45) is 0 Å². The molecule has 0 saturated heterocycles. The third-order valence-corrected chi connectivity index (χ3v) is 3.85. The van der Waals surface area contributed by atoms with Gasteiger partial charge in [-0.15, -0.1) is 0 Å². The predicted molar refractivity (Wildman–Crippen MR) is 100 cm³/mol.